The van der Waals surface area contributed by atoms with Crippen LogP contribution in [-0.2, 0) is 36.1 Å². The summed E-state index contributed by atoms with van der Waals surface area (Å²) < 4.78 is 103. The van der Waals surface area contributed by atoms with Crippen molar-refractivity contribution in [2.24, 2.45) is 0 Å². The van der Waals surface area contributed by atoms with Crippen LogP contribution >= 0.6 is 0 Å². The van der Waals surface area contributed by atoms with E-state index in [0.717, 1.165) is 19.5 Å². The van der Waals surface area contributed by atoms with Crippen molar-refractivity contribution >= 4 is 43.4 Å². The normalized spacial score (nSPS) is 13.4. The maximum absolute atomic E-state index is 13.3. The summed E-state index contributed by atoms with van der Waals surface area (Å²) in [6.45, 7) is 1.26. The Bertz CT molecular complexity index is 2530. The Hall–Kier alpha value is -6.64. The molecular weight excluding hydrogens is 801 g/mol. The van der Waals surface area contributed by atoms with E-state index in [9.17, 15) is 35.2 Å². The molecule has 0 atom stereocenters. The van der Waals surface area contributed by atoms with Crippen LogP contribution in [0.2, 0.25) is 0 Å². The van der Waals surface area contributed by atoms with Crippen LogP contribution in [-0.4, -0.2) is 86.6 Å². The predicted octanol–water partition coefficient (Wildman–Crippen LogP) is 4.77. The minimum absolute atomic E-state index is 0.0119. The number of carbonyl (C=O) groups is 2. The second-order valence-electron chi connectivity index (χ2n) is 12.9. The number of sulfonamides is 2. The fourth-order valence-corrected chi connectivity index (χ4v) is 7.99. The lowest BCUT2D eigenvalue weighted by Gasteiger charge is -2.39. The molecule has 2 N–H and O–H groups in total. The van der Waals surface area contributed by atoms with Gasteiger partial charge >= 0.3 is 11.9 Å². The Balaban J connectivity index is 0.986. The van der Waals surface area contributed by atoms with Crippen LogP contribution in [0.25, 0.3) is 11.4 Å². The number of benzene rings is 4. The topological polar surface area (TPSA) is 193 Å². The average Bonchev–Trinajstić information content (AvgIpc) is 3.91. The lowest BCUT2D eigenvalue weighted by molar-refractivity contribution is 0.0144. The zero-order chi connectivity index (χ0) is 41.2. The third kappa shape index (κ3) is 8.67. The first-order chi connectivity index (χ1) is 27.7. The molecule has 2 aromatic heterocycles. The SMILES string of the molecule is COC(=O)c1cc(CN2CC(Oc3ccc(NS(=O)(=O)c4cnn(-c5ccc(F)cc5)c4)c(C(=O)OC)c3)C2)ccc1NS(=O)(=O)c1cnn(-c2ccc(F)cc2)c1. The molecule has 0 radical (unpaired) electrons. The molecule has 1 aliphatic heterocycles. The van der Waals surface area contributed by atoms with Crippen molar-refractivity contribution in [2.45, 2.75) is 22.4 Å². The molecule has 1 aliphatic rings. The first-order valence-corrected chi connectivity index (χ1v) is 20.2. The number of hydrogen-bond donors (Lipinski definition) is 2. The molecule has 0 spiro atoms. The van der Waals surface area contributed by atoms with Crippen molar-refractivity contribution in [3.8, 4) is 17.1 Å². The summed E-state index contributed by atoms with van der Waals surface area (Å²) in [4.78, 5) is 27.1. The average molecular weight is 834 g/mol. The van der Waals surface area contributed by atoms with E-state index >= 15 is 0 Å². The molecule has 0 aliphatic carbocycles. The van der Waals surface area contributed by atoms with Crippen LogP contribution in [0.1, 0.15) is 26.3 Å². The lowest BCUT2D eigenvalue weighted by Crippen LogP contribution is -2.53. The first kappa shape index (κ1) is 39.6. The molecule has 0 saturated carbocycles. The number of aromatic nitrogens is 4. The number of nitrogens with one attached hydrogen (secondary N) is 2. The quantitative estimate of drug-likeness (QED) is 0.143. The smallest absolute Gasteiger partial charge is 0.340 e. The maximum atomic E-state index is 13.3. The monoisotopic (exact) mass is 833 g/mol. The zero-order valence-electron chi connectivity index (χ0n) is 30.6. The van der Waals surface area contributed by atoms with Crippen LogP contribution in [0.4, 0.5) is 20.2 Å². The van der Waals surface area contributed by atoms with Gasteiger partial charge in [-0.1, -0.05) is 6.07 Å². The minimum Gasteiger partial charge on any atom is -0.488 e. The summed E-state index contributed by atoms with van der Waals surface area (Å²) in [6.07, 6.45) is 4.44. The minimum atomic E-state index is -4.22. The molecule has 0 bridgehead atoms. The van der Waals surface area contributed by atoms with Gasteiger partial charge in [-0.2, -0.15) is 10.2 Å². The molecule has 20 heteroatoms. The molecule has 1 fully saturated rings. The largest absolute Gasteiger partial charge is 0.488 e. The highest BCUT2D eigenvalue weighted by Gasteiger charge is 2.30. The molecule has 58 heavy (non-hydrogen) atoms. The zero-order valence-corrected chi connectivity index (χ0v) is 32.2. The fourth-order valence-electron chi connectivity index (χ4n) is 5.97. The molecule has 7 rings (SSSR count). The highest BCUT2D eigenvalue weighted by Crippen LogP contribution is 2.29. The number of esters is 2. The van der Waals surface area contributed by atoms with Gasteiger partial charge in [-0.05, 0) is 84.4 Å². The maximum Gasteiger partial charge on any atom is 0.340 e. The van der Waals surface area contributed by atoms with E-state index in [-0.39, 0.29) is 44.1 Å². The predicted molar refractivity (Wildman–Crippen MR) is 204 cm³/mol. The Morgan fingerprint density at radius 1 is 0.690 bits per heavy atom. The number of ether oxygens (including phenoxy) is 3. The molecule has 0 amide bonds. The Labute approximate surface area is 330 Å². The van der Waals surface area contributed by atoms with Gasteiger partial charge in [0.25, 0.3) is 20.0 Å². The van der Waals surface area contributed by atoms with Gasteiger partial charge in [0.15, 0.2) is 0 Å². The van der Waals surface area contributed by atoms with Gasteiger partial charge in [-0.25, -0.2) is 44.6 Å². The number of hydrogen-bond acceptors (Lipinski definition) is 12. The highest BCUT2D eigenvalue weighted by molar-refractivity contribution is 7.93. The first-order valence-electron chi connectivity index (χ1n) is 17.2. The standard InChI is InChI=1S/C38H33F2N7O9S2/c1-54-37(48)33-15-24(3-13-35(33)43-57(50,51)31-17-41-46(22-31)27-8-4-25(39)5-9-27)19-45-20-30(21-45)56-29-12-14-36(34(16-29)38(49)55-2)44-58(52,53)32-18-42-47(23-32)28-10-6-26(40)7-11-28/h3-18,22-23,30,43-44H,19-21H2,1-2H3. The summed E-state index contributed by atoms with van der Waals surface area (Å²) in [6, 6.07) is 19.5. The summed E-state index contributed by atoms with van der Waals surface area (Å²) in [5, 5.41) is 8.11. The lowest BCUT2D eigenvalue weighted by atomic mass is 10.1. The number of likely N-dealkylation sites (tertiary alicyclic amines) is 1. The third-order valence-corrected chi connectivity index (χ3v) is 11.6. The summed E-state index contributed by atoms with van der Waals surface area (Å²) in [5.74, 6) is -2.21. The third-order valence-electron chi connectivity index (χ3n) is 8.93. The summed E-state index contributed by atoms with van der Waals surface area (Å²) in [7, 11) is -6.09. The van der Waals surface area contributed by atoms with Crippen LogP contribution in [0.5, 0.6) is 5.75 Å². The summed E-state index contributed by atoms with van der Waals surface area (Å²) in [5.41, 5.74) is 1.37. The van der Waals surface area contributed by atoms with Gasteiger partial charge in [0, 0.05) is 19.6 Å². The van der Waals surface area contributed by atoms with Gasteiger partial charge in [-0.15, -0.1) is 0 Å². The Morgan fingerprint density at radius 2 is 1.16 bits per heavy atom. The van der Waals surface area contributed by atoms with Crippen molar-refractivity contribution in [3.63, 3.8) is 0 Å². The van der Waals surface area contributed by atoms with E-state index in [4.69, 9.17) is 14.2 Å². The summed E-state index contributed by atoms with van der Waals surface area (Å²) >= 11 is 0. The van der Waals surface area contributed by atoms with Gasteiger partial charge in [0.1, 0.15) is 33.3 Å². The number of anilines is 2. The fraction of sp³-hybridized carbons (Fsp3) is 0.158. The van der Waals surface area contributed by atoms with Crippen LogP contribution in [0.3, 0.4) is 0 Å². The van der Waals surface area contributed by atoms with Crippen molar-refractivity contribution < 1.29 is 49.4 Å². The second kappa shape index (κ2) is 16.1. The van der Waals surface area contributed by atoms with E-state index in [1.54, 1.807) is 6.07 Å². The van der Waals surface area contributed by atoms with Gasteiger partial charge in [0.2, 0.25) is 0 Å². The molecule has 1 saturated heterocycles. The Morgan fingerprint density at radius 3 is 1.64 bits per heavy atom. The van der Waals surface area contributed by atoms with Crippen molar-refractivity contribution in [1.29, 1.82) is 0 Å². The number of methoxy groups -OCH3 is 2. The van der Waals surface area contributed by atoms with E-state index < -0.39 is 43.6 Å². The number of nitrogens with zero attached hydrogens (tertiary/aromatic N) is 5. The van der Waals surface area contributed by atoms with E-state index in [2.05, 4.69) is 19.6 Å². The molecule has 4 aromatic carbocycles. The molecule has 3 heterocycles. The number of rotatable bonds is 14. The van der Waals surface area contributed by atoms with E-state index in [1.165, 1.54) is 108 Å². The van der Waals surface area contributed by atoms with Crippen molar-refractivity contribution in [2.75, 3.05) is 36.8 Å². The molecule has 300 valence electrons. The second-order valence-corrected chi connectivity index (χ2v) is 16.3. The molecule has 6 aromatic rings. The highest BCUT2D eigenvalue weighted by atomic mass is 32.2. The molecule has 0 unspecified atom stereocenters. The van der Waals surface area contributed by atoms with Crippen molar-refractivity contribution in [3.05, 3.63) is 138 Å². The number of halogens is 2. The van der Waals surface area contributed by atoms with Crippen LogP contribution in [0.15, 0.2) is 120 Å². The molecule has 16 nitrogen and oxygen atoms in total. The molecular formula is C38H33F2N7O9S2. The van der Waals surface area contributed by atoms with E-state index in [1.807, 2.05) is 4.90 Å². The van der Waals surface area contributed by atoms with Gasteiger partial charge < -0.3 is 14.2 Å². The van der Waals surface area contributed by atoms with Gasteiger partial charge in [0.05, 0.1) is 72.9 Å². The van der Waals surface area contributed by atoms with Crippen LogP contribution in [0, 0.1) is 11.6 Å². The van der Waals surface area contributed by atoms with Gasteiger partial charge in [-0.3, -0.25) is 14.3 Å². The number of carbonyl (C=O) groups excluding carboxylic acids is 2. The Kier molecular flexibility index (Phi) is 11.0. The van der Waals surface area contributed by atoms with Crippen LogP contribution < -0.4 is 14.2 Å². The van der Waals surface area contributed by atoms with Crippen molar-refractivity contribution in [1.82, 2.24) is 24.5 Å². The van der Waals surface area contributed by atoms with E-state index in [0.29, 0.717) is 36.6 Å².